The van der Waals surface area contributed by atoms with Crippen molar-refractivity contribution in [3.05, 3.63) is 47.5 Å². The molecule has 0 aliphatic heterocycles. The summed E-state index contributed by atoms with van der Waals surface area (Å²) in [4.78, 5) is 4.28. The lowest BCUT2D eigenvalue weighted by Crippen LogP contribution is -1.87. The molecule has 1 aromatic carbocycles. The first-order valence-electron chi connectivity index (χ1n) is 5.42. The Bertz CT molecular complexity index is 653. The number of hydrogen-bond acceptors (Lipinski definition) is 4. The monoisotopic (exact) mass is 228 g/mol. The Kier molecular flexibility index (Phi) is 2.14. The van der Waals surface area contributed by atoms with Crippen LogP contribution >= 0.6 is 0 Å². The molecule has 0 atom stereocenters. The van der Waals surface area contributed by atoms with Crippen LogP contribution in [0.2, 0.25) is 0 Å². The van der Waals surface area contributed by atoms with Crippen LogP contribution in [-0.2, 0) is 6.42 Å². The van der Waals surface area contributed by atoms with Crippen molar-refractivity contribution < 1.29 is 8.83 Å². The molecule has 0 unspecified atom stereocenters. The van der Waals surface area contributed by atoms with Crippen LogP contribution < -0.4 is 5.73 Å². The molecule has 4 nitrogen and oxygen atoms in total. The number of nitrogen functional groups attached to an aromatic ring is 1. The molecule has 0 aliphatic carbocycles. The van der Waals surface area contributed by atoms with Gasteiger partial charge in [0, 0.05) is 6.42 Å². The SMILES string of the molecule is Cc1oc2nc(Cc3ccccc3)oc2c1N. The van der Waals surface area contributed by atoms with Crippen molar-refractivity contribution in [3.8, 4) is 0 Å². The number of aromatic nitrogens is 1. The Labute approximate surface area is 98.0 Å². The maximum atomic E-state index is 5.82. The van der Waals surface area contributed by atoms with Crippen LogP contribution in [0.25, 0.3) is 11.3 Å². The number of fused-ring (bicyclic) bond motifs is 1. The lowest BCUT2D eigenvalue weighted by molar-refractivity contribution is 0.541. The third kappa shape index (κ3) is 1.67. The molecule has 0 saturated heterocycles. The summed E-state index contributed by atoms with van der Waals surface area (Å²) in [6.07, 6.45) is 0.642. The Morgan fingerprint density at radius 2 is 1.94 bits per heavy atom. The first-order valence-corrected chi connectivity index (χ1v) is 5.42. The predicted molar refractivity (Wildman–Crippen MR) is 64.7 cm³/mol. The summed E-state index contributed by atoms with van der Waals surface area (Å²) in [7, 11) is 0. The van der Waals surface area contributed by atoms with Crippen molar-refractivity contribution in [3.63, 3.8) is 0 Å². The highest BCUT2D eigenvalue weighted by Gasteiger charge is 2.15. The number of anilines is 1. The largest absolute Gasteiger partial charge is 0.438 e. The van der Waals surface area contributed by atoms with Gasteiger partial charge in [-0.25, -0.2) is 0 Å². The fourth-order valence-corrected chi connectivity index (χ4v) is 1.79. The average Bonchev–Trinajstić information content (AvgIpc) is 2.82. The summed E-state index contributed by atoms with van der Waals surface area (Å²) in [6, 6.07) is 10.0. The van der Waals surface area contributed by atoms with Gasteiger partial charge in [0.05, 0.1) is 0 Å². The van der Waals surface area contributed by atoms with Crippen LogP contribution in [0.15, 0.2) is 39.2 Å². The van der Waals surface area contributed by atoms with Gasteiger partial charge in [-0.3, -0.25) is 0 Å². The summed E-state index contributed by atoms with van der Waals surface area (Å²) >= 11 is 0. The van der Waals surface area contributed by atoms with Gasteiger partial charge < -0.3 is 14.6 Å². The van der Waals surface area contributed by atoms with Gasteiger partial charge in [-0.2, -0.15) is 4.98 Å². The summed E-state index contributed by atoms with van der Waals surface area (Å²) in [5.74, 6) is 1.27. The molecule has 0 fully saturated rings. The van der Waals surface area contributed by atoms with Crippen LogP contribution in [0.1, 0.15) is 17.2 Å². The zero-order chi connectivity index (χ0) is 11.8. The molecule has 0 amide bonds. The molecular weight excluding hydrogens is 216 g/mol. The van der Waals surface area contributed by atoms with Crippen molar-refractivity contribution >= 4 is 17.0 Å². The van der Waals surface area contributed by atoms with Crippen LogP contribution in [0.5, 0.6) is 0 Å². The normalized spacial score (nSPS) is 11.1. The van der Waals surface area contributed by atoms with E-state index in [4.69, 9.17) is 14.6 Å². The van der Waals surface area contributed by atoms with Crippen molar-refractivity contribution in [2.24, 2.45) is 0 Å². The number of benzene rings is 1. The summed E-state index contributed by atoms with van der Waals surface area (Å²) < 4.78 is 11.0. The zero-order valence-electron chi connectivity index (χ0n) is 9.43. The predicted octanol–water partition coefficient (Wildman–Crippen LogP) is 2.90. The van der Waals surface area contributed by atoms with Gasteiger partial charge >= 0.3 is 0 Å². The molecule has 2 heterocycles. The lowest BCUT2D eigenvalue weighted by Gasteiger charge is -1.95. The first-order chi connectivity index (χ1) is 8.24. The molecule has 3 aromatic rings. The van der Waals surface area contributed by atoms with Gasteiger partial charge in [-0.05, 0) is 12.5 Å². The van der Waals surface area contributed by atoms with E-state index < -0.39 is 0 Å². The van der Waals surface area contributed by atoms with Gasteiger partial charge in [-0.1, -0.05) is 30.3 Å². The van der Waals surface area contributed by atoms with E-state index in [-0.39, 0.29) is 0 Å². The highest BCUT2D eigenvalue weighted by atomic mass is 16.4. The fourth-order valence-electron chi connectivity index (χ4n) is 1.79. The fraction of sp³-hybridized carbons (Fsp3) is 0.154. The minimum Gasteiger partial charge on any atom is -0.438 e. The van der Waals surface area contributed by atoms with Gasteiger partial charge in [-0.15, -0.1) is 0 Å². The van der Waals surface area contributed by atoms with E-state index in [1.54, 1.807) is 6.92 Å². The number of nitrogens with two attached hydrogens (primary N) is 1. The third-order valence-electron chi connectivity index (χ3n) is 2.71. The minimum atomic E-state index is 0.478. The van der Waals surface area contributed by atoms with Gasteiger partial charge in [0.15, 0.2) is 0 Å². The Hall–Kier alpha value is -2.23. The molecule has 4 heteroatoms. The van der Waals surface area contributed by atoms with E-state index >= 15 is 0 Å². The van der Waals surface area contributed by atoms with Gasteiger partial charge in [0.1, 0.15) is 11.4 Å². The summed E-state index contributed by atoms with van der Waals surface area (Å²) in [5, 5.41) is 0. The zero-order valence-corrected chi connectivity index (χ0v) is 9.43. The van der Waals surface area contributed by atoms with Crippen LogP contribution in [-0.4, -0.2) is 4.98 Å². The maximum absolute atomic E-state index is 5.82. The minimum absolute atomic E-state index is 0.478. The smallest absolute Gasteiger partial charge is 0.268 e. The standard InChI is InChI=1S/C13H12N2O2/c1-8-11(14)12-13(16-8)15-10(17-12)7-9-5-3-2-4-6-9/h2-6H,7,14H2,1H3. The van der Waals surface area contributed by atoms with Crippen molar-refractivity contribution in [1.82, 2.24) is 4.98 Å². The average molecular weight is 228 g/mol. The Morgan fingerprint density at radius 3 is 2.65 bits per heavy atom. The highest BCUT2D eigenvalue weighted by molar-refractivity contribution is 5.82. The topological polar surface area (TPSA) is 65.2 Å². The molecule has 2 aromatic heterocycles. The molecule has 0 bridgehead atoms. The van der Waals surface area contributed by atoms with Gasteiger partial charge in [0.25, 0.3) is 5.71 Å². The first kappa shape index (κ1) is 9.96. The molecule has 2 N–H and O–H groups in total. The quantitative estimate of drug-likeness (QED) is 0.732. The Balaban J connectivity index is 1.97. The molecule has 86 valence electrons. The number of furan rings is 1. The number of nitrogens with zero attached hydrogens (tertiary/aromatic N) is 1. The van der Waals surface area contributed by atoms with E-state index in [1.807, 2.05) is 30.3 Å². The molecule has 17 heavy (non-hydrogen) atoms. The molecular formula is C13H12N2O2. The van der Waals surface area contributed by atoms with E-state index in [1.165, 1.54) is 0 Å². The lowest BCUT2D eigenvalue weighted by atomic mass is 10.2. The van der Waals surface area contributed by atoms with Crippen LogP contribution in [0.3, 0.4) is 0 Å². The van der Waals surface area contributed by atoms with Crippen molar-refractivity contribution in [2.75, 3.05) is 5.73 Å². The van der Waals surface area contributed by atoms with E-state index in [0.717, 1.165) is 5.56 Å². The van der Waals surface area contributed by atoms with E-state index in [2.05, 4.69) is 4.98 Å². The Morgan fingerprint density at radius 1 is 1.18 bits per heavy atom. The number of aryl methyl sites for hydroxylation is 1. The number of rotatable bonds is 2. The van der Waals surface area contributed by atoms with Crippen molar-refractivity contribution in [2.45, 2.75) is 13.3 Å². The van der Waals surface area contributed by atoms with E-state index in [0.29, 0.717) is 35.1 Å². The van der Waals surface area contributed by atoms with Crippen LogP contribution in [0, 0.1) is 6.92 Å². The molecule has 0 spiro atoms. The summed E-state index contributed by atoms with van der Waals surface area (Å²) in [6.45, 7) is 1.80. The third-order valence-corrected chi connectivity index (χ3v) is 2.71. The highest BCUT2D eigenvalue weighted by Crippen LogP contribution is 2.28. The number of oxazole rings is 1. The number of hydrogen-bond donors (Lipinski definition) is 1. The van der Waals surface area contributed by atoms with Gasteiger partial charge in [0.2, 0.25) is 11.5 Å². The molecule has 0 radical (unpaired) electrons. The molecule has 0 saturated carbocycles. The second-order valence-electron chi connectivity index (χ2n) is 3.98. The van der Waals surface area contributed by atoms with E-state index in [9.17, 15) is 0 Å². The van der Waals surface area contributed by atoms with Crippen molar-refractivity contribution in [1.29, 1.82) is 0 Å². The van der Waals surface area contributed by atoms with Crippen LogP contribution in [0.4, 0.5) is 5.69 Å². The second kappa shape index (κ2) is 3.66. The summed E-state index contributed by atoms with van der Waals surface area (Å²) in [5.41, 5.74) is 8.52. The molecule has 3 rings (SSSR count). The molecule has 0 aliphatic rings. The maximum Gasteiger partial charge on any atom is 0.268 e. The second-order valence-corrected chi connectivity index (χ2v) is 3.98.